The van der Waals surface area contributed by atoms with Crippen LogP contribution in [0.15, 0.2) is 64.7 Å². The molecule has 9 heteroatoms. The van der Waals surface area contributed by atoms with E-state index in [1.165, 1.54) is 12.7 Å². The molecular weight excluding hydrogens is 474 g/mol. The minimum Gasteiger partial charge on any atom is -0.490 e. The van der Waals surface area contributed by atoms with E-state index in [4.69, 9.17) is 14.0 Å². The van der Waals surface area contributed by atoms with Gasteiger partial charge in [0.15, 0.2) is 5.41 Å². The van der Waals surface area contributed by atoms with Crippen LogP contribution in [0.1, 0.15) is 32.3 Å². The molecule has 0 aliphatic carbocycles. The number of hydrogen-bond acceptors (Lipinski definition) is 8. The van der Waals surface area contributed by atoms with Gasteiger partial charge in [0.2, 0.25) is 5.82 Å². The number of aromatic nitrogens is 2. The molecule has 0 unspecified atom stereocenters. The van der Waals surface area contributed by atoms with Crippen LogP contribution in [0.4, 0.5) is 0 Å². The van der Waals surface area contributed by atoms with Gasteiger partial charge < -0.3 is 19.1 Å². The zero-order valence-electron chi connectivity index (χ0n) is 21.3. The molecule has 37 heavy (non-hydrogen) atoms. The first-order chi connectivity index (χ1) is 17.8. The Morgan fingerprint density at radius 1 is 1.05 bits per heavy atom. The number of esters is 1. The molecule has 194 valence electrons. The topological polar surface area (TPSA) is 115 Å². The number of carboxylic acids is 1. The minimum absolute atomic E-state index is 0.224. The molecule has 2 heterocycles. The van der Waals surface area contributed by atoms with E-state index < -0.39 is 17.4 Å². The van der Waals surface area contributed by atoms with E-state index >= 15 is 0 Å². The van der Waals surface area contributed by atoms with Gasteiger partial charge in [0, 0.05) is 30.8 Å². The molecule has 3 aromatic rings. The molecule has 0 radical (unpaired) electrons. The van der Waals surface area contributed by atoms with Crippen molar-refractivity contribution in [1.29, 1.82) is 0 Å². The molecule has 0 spiro atoms. The van der Waals surface area contributed by atoms with Crippen LogP contribution in [0, 0.1) is 5.41 Å². The summed E-state index contributed by atoms with van der Waals surface area (Å²) in [5, 5.41) is 13.7. The number of rotatable bonds is 9. The third-order valence-electron chi connectivity index (χ3n) is 6.58. The Labute approximate surface area is 215 Å². The monoisotopic (exact) mass is 505 g/mol. The molecule has 0 amide bonds. The summed E-state index contributed by atoms with van der Waals surface area (Å²) in [6, 6.07) is 15.4. The number of ether oxygens (including phenoxy) is 2. The van der Waals surface area contributed by atoms with Crippen LogP contribution < -0.4 is 4.74 Å². The number of likely N-dealkylation sites (tertiary alicyclic amines) is 1. The standard InChI is InChI=1S/C28H31N3O6/c1-19(2)12-17-36-23-10-8-22(9-11-23)25-29-24(30-37-25)21-6-4-20(5-7-21)18-31-15-13-28(14-16-31,26(32)33)27(34)35-3/h4-12H,13-18H2,1-3H3,(H,32,33). The Morgan fingerprint density at radius 3 is 2.30 bits per heavy atom. The Kier molecular flexibility index (Phi) is 8.03. The first-order valence-corrected chi connectivity index (χ1v) is 12.1. The third-order valence-corrected chi connectivity index (χ3v) is 6.58. The van der Waals surface area contributed by atoms with Crippen molar-refractivity contribution in [1.82, 2.24) is 15.0 Å². The first-order valence-electron chi connectivity index (χ1n) is 12.1. The molecule has 1 aliphatic heterocycles. The van der Waals surface area contributed by atoms with Crippen LogP contribution >= 0.6 is 0 Å². The maximum atomic E-state index is 12.1. The molecule has 4 rings (SSSR count). The fraction of sp³-hybridized carbons (Fsp3) is 0.357. The first kappa shape index (κ1) is 26.1. The summed E-state index contributed by atoms with van der Waals surface area (Å²) in [5.41, 5.74) is 2.45. The lowest BCUT2D eigenvalue weighted by Gasteiger charge is -2.36. The van der Waals surface area contributed by atoms with Gasteiger partial charge in [-0.05, 0) is 62.6 Å². The zero-order valence-corrected chi connectivity index (χ0v) is 21.3. The van der Waals surface area contributed by atoms with E-state index in [0.29, 0.717) is 38.0 Å². The predicted octanol–water partition coefficient (Wildman–Crippen LogP) is 4.59. The van der Waals surface area contributed by atoms with Crippen LogP contribution in [0.5, 0.6) is 5.75 Å². The Bertz CT molecular complexity index is 1250. The lowest BCUT2D eigenvalue weighted by molar-refractivity contribution is -0.170. The molecule has 1 N–H and O–H groups in total. The third kappa shape index (κ3) is 6.06. The number of aliphatic carboxylic acids is 1. The number of methoxy groups -OCH3 is 1. The molecule has 1 saturated heterocycles. The largest absolute Gasteiger partial charge is 0.490 e. The Morgan fingerprint density at radius 2 is 1.70 bits per heavy atom. The van der Waals surface area contributed by atoms with Gasteiger partial charge in [0.1, 0.15) is 12.4 Å². The molecule has 1 aliphatic rings. The fourth-order valence-corrected chi connectivity index (χ4v) is 4.27. The maximum absolute atomic E-state index is 12.1. The van der Waals surface area contributed by atoms with Crippen molar-refractivity contribution in [3.8, 4) is 28.6 Å². The minimum atomic E-state index is -1.45. The quantitative estimate of drug-likeness (QED) is 0.253. The van der Waals surface area contributed by atoms with Crippen LogP contribution in [0.2, 0.25) is 0 Å². The number of allylic oxidation sites excluding steroid dienone is 1. The predicted molar refractivity (Wildman–Crippen MR) is 137 cm³/mol. The Balaban J connectivity index is 1.35. The van der Waals surface area contributed by atoms with Crippen molar-refractivity contribution < 1.29 is 28.7 Å². The van der Waals surface area contributed by atoms with Crippen molar-refractivity contribution >= 4 is 11.9 Å². The Hall–Kier alpha value is -3.98. The molecule has 1 fully saturated rings. The summed E-state index contributed by atoms with van der Waals surface area (Å²) in [6.07, 6.45) is 2.47. The second-order valence-electron chi connectivity index (χ2n) is 9.39. The van der Waals surface area contributed by atoms with E-state index in [9.17, 15) is 14.7 Å². The second-order valence-corrected chi connectivity index (χ2v) is 9.39. The van der Waals surface area contributed by atoms with Gasteiger partial charge in [0.25, 0.3) is 5.89 Å². The van der Waals surface area contributed by atoms with Crippen molar-refractivity contribution in [3.05, 3.63) is 65.7 Å². The van der Waals surface area contributed by atoms with E-state index in [-0.39, 0.29) is 12.8 Å². The van der Waals surface area contributed by atoms with E-state index in [1.54, 1.807) is 0 Å². The summed E-state index contributed by atoms with van der Waals surface area (Å²) in [4.78, 5) is 30.5. The highest BCUT2D eigenvalue weighted by atomic mass is 16.5. The van der Waals surface area contributed by atoms with E-state index in [2.05, 4.69) is 15.0 Å². The van der Waals surface area contributed by atoms with Gasteiger partial charge in [-0.15, -0.1) is 0 Å². The number of hydrogen-bond donors (Lipinski definition) is 1. The molecule has 0 atom stereocenters. The van der Waals surface area contributed by atoms with Gasteiger partial charge in [-0.1, -0.05) is 35.0 Å². The number of carbonyl (C=O) groups is 2. The molecular formula is C28H31N3O6. The SMILES string of the molecule is COC(=O)C1(C(=O)O)CCN(Cc2ccc(-c3noc(-c4ccc(OCC=C(C)C)cc4)n3)cc2)CC1. The van der Waals surface area contributed by atoms with Crippen molar-refractivity contribution in [2.24, 2.45) is 5.41 Å². The van der Waals surface area contributed by atoms with Gasteiger partial charge >= 0.3 is 11.9 Å². The highest BCUT2D eigenvalue weighted by Crippen LogP contribution is 2.34. The van der Waals surface area contributed by atoms with E-state index in [0.717, 1.165) is 22.4 Å². The van der Waals surface area contributed by atoms with Crippen molar-refractivity contribution in [2.75, 3.05) is 26.8 Å². The number of benzene rings is 2. The summed E-state index contributed by atoms with van der Waals surface area (Å²) < 4.78 is 15.9. The molecule has 0 bridgehead atoms. The molecule has 1 aromatic heterocycles. The molecule has 0 saturated carbocycles. The number of piperidine rings is 1. The van der Waals surface area contributed by atoms with Gasteiger partial charge in [-0.2, -0.15) is 4.98 Å². The smallest absolute Gasteiger partial charge is 0.323 e. The average Bonchev–Trinajstić information content (AvgIpc) is 3.39. The highest BCUT2D eigenvalue weighted by molar-refractivity contribution is 5.99. The second kappa shape index (κ2) is 11.4. The van der Waals surface area contributed by atoms with Crippen LogP contribution in [-0.2, 0) is 20.9 Å². The number of carboxylic acid groups (broad SMARTS) is 1. The molecule has 9 nitrogen and oxygen atoms in total. The number of carbonyl (C=O) groups excluding carboxylic acids is 1. The highest BCUT2D eigenvalue weighted by Gasteiger charge is 2.49. The fourth-order valence-electron chi connectivity index (χ4n) is 4.27. The van der Waals surface area contributed by atoms with Gasteiger partial charge in [0.05, 0.1) is 7.11 Å². The van der Waals surface area contributed by atoms with Gasteiger partial charge in [-0.3, -0.25) is 14.5 Å². The summed E-state index contributed by atoms with van der Waals surface area (Å²) in [6.45, 7) is 6.23. The number of nitrogens with zero attached hydrogens (tertiary/aromatic N) is 3. The summed E-state index contributed by atoms with van der Waals surface area (Å²) in [5.74, 6) is -0.105. The average molecular weight is 506 g/mol. The van der Waals surface area contributed by atoms with Crippen LogP contribution in [0.25, 0.3) is 22.8 Å². The van der Waals surface area contributed by atoms with Crippen LogP contribution in [-0.4, -0.2) is 58.9 Å². The summed E-state index contributed by atoms with van der Waals surface area (Å²) in [7, 11) is 1.23. The maximum Gasteiger partial charge on any atom is 0.323 e. The lowest BCUT2D eigenvalue weighted by atomic mass is 9.78. The van der Waals surface area contributed by atoms with Gasteiger partial charge in [-0.25, -0.2) is 0 Å². The van der Waals surface area contributed by atoms with Crippen LogP contribution in [0.3, 0.4) is 0 Å². The van der Waals surface area contributed by atoms with Crippen molar-refractivity contribution in [2.45, 2.75) is 33.2 Å². The molecule has 2 aromatic carbocycles. The zero-order chi connectivity index (χ0) is 26.4. The van der Waals surface area contributed by atoms with Crippen molar-refractivity contribution in [3.63, 3.8) is 0 Å². The normalized spacial score (nSPS) is 15.1. The summed E-state index contributed by atoms with van der Waals surface area (Å²) >= 11 is 0. The lowest BCUT2D eigenvalue weighted by Crippen LogP contribution is -2.49. The van der Waals surface area contributed by atoms with E-state index in [1.807, 2.05) is 68.5 Å².